The van der Waals surface area contributed by atoms with E-state index in [2.05, 4.69) is 14.8 Å². The summed E-state index contributed by atoms with van der Waals surface area (Å²) in [4.78, 5) is 13.0. The van der Waals surface area contributed by atoms with Gasteiger partial charge < -0.3 is 14.8 Å². The van der Waals surface area contributed by atoms with Crippen molar-refractivity contribution < 1.29 is 31.1 Å². The second-order valence-electron chi connectivity index (χ2n) is 9.55. The molecule has 0 aliphatic rings. The van der Waals surface area contributed by atoms with E-state index in [1.54, 1.807) is 38.1 Å². The summed E-state index contributed by atoms with van der Waals surface area (Å²) in [5.41, 5.74) is 3.26. The molecule has 4 aromatic carbocycles. The van der Waals surface area contributed by atoms with Crippen molar-refractivity contribution in [1.82, 2.24) is 0 Å². The van der Waals surface area contributed by atoms with Crippen LogP contribution in [0.1, 0.15) is 27.0 Å². The highest BCUT2D eigenvalue weighted by molar-refractivity contribution is 7.93. The molecule has 0 unspecified atom stereocenters. The number of benzene rings is 4. The maximum absolute atomic E-state index is 13.2. The molecule has 3 N–H and O–H groups in total. The smallest absolute Gasteiger partial charge is 0.262 e. The fourth-order valence-electron chi connectivity index (χ4n) is 4.08. The van der Waals surface area contributed by atoms with Crippen molar-refractivity contribution in [1.29, 1.82) is 0 Å². The van der Waals surface area contributed by atoms with Crippen LogP contribution in [-0.2, 0) is 20.0 Å². The van der Waals surface area contributed by atoms with E-state index in [1.807, 2.05) is 19.1 Å². The molecule has 4 rings (SSSR count). The first-order valence-electron chi connectivity index (χ1n) is 12.7. The maximum atomic E-state index is 13.2. The van der Waals surface area contributed by atoms with Crippen LogP contribution in [-0.4, -0.2) is 37.0 Å². The monoisotopic (exact) mass is 609 g/mol. The molecule has 220 valence electrons. The first kappa shape index (κ1) is 30.4. The zero-order chi connectivity index (χ0) is 30.7. The van der Waals surface area contributed by atoms with E-state index in [1.165, 1.54) is 56.7 Å². The summed E-state index contributed by atoms with van der Waals surface area (Å²) in [7, 11) is -5.06. The minimum absolute atomic E-state index is 0.0301. The molecule has 1 amide bonds. The number of ether oxygens (including phenoxy) is 2. The van der Waals surface area contributed by atoms with Crippen LogP contribution in [0, 0.1) is 20.8 Å². The Hall–Kier alpha value is -4.55. The molecule has 0 bridgehead atoms. The van der Waals surface area contributed by atoms with Crippen LogP contribution in [0.4, 0.5) is 17.1 Å². The molecule has 0 aliphatic heterocycles. The minimum Gasteiger partial charge on any atom is -0.497 e. The number of amides is 1. The summed E-state index contributed by atoms with van der Waals surface area (Å²) >= 11 is 0. The van der Waals surface area contributed by atoms with Gasteiger partial charge in [-0.25, -0.2) is 16.8 Å². The van der Waals surface area contributed by atoms with Gasteiger partial charge in [-0.3, -0.25) is 14.2 Å². The van der Waals surface area contributed by atoms with Crippen molar-refractivity contribution in [2.24, 2.45) is 0 Å². The van der Waals surface area contributed by atoms with E-state index in [0.29, 0.717) is 22.7 Å². The molecule has 0 aromatic heterocycles. The van der Waals surface area contributed by atoms with Gasteiger partial charge in [-0.1, -0.05) is 18.2 Å². The molecule has 4 aromatic rings. The lowest BCUT2D eigenvalue weighted by atomic mass is 10.1. The van der Waals surface area contributed by atoms with Crippen molar-refractivity contribution in [3.05, 3.63) is 101 Å². The van der Waals surface area contributed by atoms with Gasteiger partial charge in [-0.05, 0) is 92.1 Å². The van der Waals surface area contributed by atoms with E-state index in [4.69, 9.17) is 9.47 Å². The Bertz CT molecular complexity index is 1850. The Morgan fingerprint density at radius 1 is 0.667 bits per heavy atom. The Balaban J connectivity index is 1.51. The van der Waals surface area contributed by atoms with Crippen LogP contribution in [0.15, 0.2) is 88.7 Å². The molecule has 0 radical (unpaired) electrons. The molecule has 10 nitrogen and oxygen atoms in total. The molecule has 0 fully saturated rings. The van der Waals surface area contributed by atoms with E-state index in [9.17, 15) is 21.6 Å². The predicted molar refractivity (Wildman–Crippen MR) is 163 cm³/mol. The predicted octanol–water partition coefficient (Wildman–Crippen LogP) is 5.48. The second kappa shape index (κ2) is 12.1. The summed E-state index contributed by atoms with van der Waals surface area (Å²) < 4.78 is 67.9. The highest BCUT2D eigenvalue weighted by Crippen LogP contribution is 2.31. The minimum atomic E-state index is -3.99. The van der Waals surface area contributed by atoms with Crippen molar-refractivity contribution in [2.75, 3.05) is 29.0 Å². The van der Waals surface area contributed by atoms with Gasteiger partial charge in [0.2, 0.25) is 0 Å². The molecular formula is C30H31N3O7S2. The summed E-state index contributed by atoms with van der Waals surface area (Å²) in [6.07, 6.45) is 0. The van der Waals surface area contributed by atoms with Gasteiger partial charge in [0.15, 0.2) is 0 Å². The largest absolute Gasteiger partial charge is 0.497 e. The summed E-state index contributed by atoms with van der Waals surface area (Å²) in [5.74, 6) is 0.228. The van der Waals surface area contributed by atoms with Gasteiger partial charge >= 0.3 is 0 Å². The normalized spacial score (nSPS) is 11.5. The van der Waals surface area contributed by atoms with Crippen LogP contribution in [0.2, 0.25) is 0 Å². The number of hydrogen-bond acceptors (Lipinski definition) is 7. The zero-order valence-electron chi connectivity index (χ0n) is 23.7. The van der Waals surface area contributed by atoms with E-state index in [-0.39, 0.29) is 26.8 Å². The van der Waals surface area contributed by atoms with Crippen molar-refractivity contribution in [3.63, 3.8) is 0 Å². The topological polar surface area (TPSA) is 140 Å². The Labute approximate surface area is 245 Å². The quantitative estimate of drug-likeness (QED) is 0.216. The van der Waals surface area contributed by atoms with Gasteiger partial charge in [0.25, 0.3) is 26.0 Å². The molecule has 0 heterocycles. The lowest BCUT2D eigenvalue weighted by molar-refractivity contribution is 0.102. The molecule has 42 heavy (non-hydrogen) atoms. The number of carbonyl (C=O) groups excluding carboxylic acids is 1. The Morgan fingerprint density at radius 3 is 2.00 bits per heavy atom. The molecular weight excluding hydrogens is 578 g/mol. The van der Waals surface area contributed by atoms with Crippen LogP contribution in [0.5, 0.6) is 11.5 Å². The average Bonchev–Trinajstić information content (AvgIpc) is 2.95. The first-order valence-corrected chi connectivity index (χ1v) is 15.7. The summed E-state index contributed by atoms with van der Waals surface area (Å²) in [6, 6.07) is 20.1. The molecule has 0 aliphatic carbocycles. The Kier molecular flexibility index (Phi) is 8.78. The van der Waals surface area contributed by atoms with E-state index in [0.717, 1.165) is 11.1 Å². The summed E-state index contributed by atoms with van der Waals surface area (Å²) in [5, 5.41) is 2.68. The molecule has 12 heteroatoms. The second-order valence-corrected chi connectivity index (χ2v) is 12.9. The lowest BCUT2D eigenvalue weighted by Gasteiger charge is -2.14. The van der Waals surface area contributed by atoms with Gasteiger partial charge in [0.05, 0.1) is 35.4 Å². The van der Waals surface area contributed by atoms with Crippen molar-refractivity contribution in [3.8, 4) is 11.5 Å². The lowest BCUT2D eigenvalue weighted by Crippen LogP contribution is -2.18. The van der Waals surface area contributed by atoms with Crippen molar-refractivity contribution >= 4 is 43.0 Å². The number of anilines is 3. The number of sulfonamides is 2. The molecule has 0 spiro atoms. The third-order valence-corrected chi connectivity index (χ3v) is 9.34. The average molecular weight is 610 g/mol. The van der Waals surface area contributed by atoms with Gasteiger partial charge in [0.1, 0.15) is 11.5 Å². The highest BCUT2D eigenvalue weighted by Gasteiger charge is 2.21. The molecule has 0 saturated heterocycles. The fraction of sp³-hybridized carbons (Fsp3) is 0.167. The van der Waals surface area contributed by atoms with Crippen LogP contribution in [0.25, 0.3) is 0 Å². The third kappa shape index (κ3) is 6.84. The fourth-order valence-corrected chi connectivity index (χ4v) is 6.55. The van der Waals surface area contributed by atoms with Gasteiger partial charge in [-0.15, -0.1) is 0 Å². The standard InChI is InChI=1S/C30H31N3O7S2/c1-19-6-7-20(2)27(16-19)33-42(37,38)29-17-22(9-8-21(29)3)30(34)31-23-10-13-25(14-11-23)41(35,36)32-26-15-12-24(39-4)18-28(26)40-5/h6-18,32-33H,1-5H3,(H,31,34). The maximum Gasteiger partial charge on any atom is 0.262 e. The van der Waals surface area contributed by atoms with Crippen LogP contribution in [0.3, 0.4) is 0 Å². The first-order chi connectivity index (χ1) is 19.8. The Morgan fingerprint density at radius 2 is 1.33 bits per heavy atom. The van der Waals surface area contributed by atoms with Crippen LogP contribution < -0.4 is 24.2 Å². The van der Waals surface area contributed by atoms with E-state index >= 15 is 0 Å². The van der Waals surface area contributed by atoms with Gasteiger partial charge in [0, 0.05) is 17.3 Å². The van der Waals surface area contributed by atoms with Gasteiger partial charge in [-0.2, -0.15) is 0 Å². The van der Waals surface area contributed by atoms with E-state index < -0.39 is 26.0 Å². The number of methoxy groups -OCH3 is 2. The highest BCUT2D eigenvalue weighted by atomic mass is 32.2. The number of carbonyl (C=O) groups is 1. The zero-order valence-corrected chi connectivity index (χ0v) is 25.3. The number of nitrogens with one attached hydrogen (secondary N) is 3. The number of rotatable bonds is 10. The number of aryl methyl sites for hydroxylation is 3. The number of hydrogen-bond donors (Lipinski definition) is 3. The van der Waals surface area contributed by atoms with Crippen molar-refractivity contribution in [2.45, 2.75) is 30.6 Å². The SMILES string of the molecule is COc1ccc(NS(=O)(=O)c2ccc(NC(=O)c3ccc(C)c(S(=O)(=O)Nc4cc(C)ccc4C)c3)cc2)c(OC)c1. The molecule has 0 saturated carbocycles. The summed E-state index contributed by atoms with van der Waals surface area (Å²) in [6.45, 7) is 5.31. The van der Waals surface area contributed by atoms with Crippen LogP contribution >= 0.6 is 0 Å². The third-order valence-electron chi connectivity index (χ3n) is 6.45. The molecule has 0 atom stereocenters.